The number of methoxy groups -OCH3 is 2. The first-order valence-corrected chi connectivity index (χ1v) is 12.3. The molecule has 3 aliphatic rings. The van der Waals surface area contributed by atoms with Crippen molar-refractivity contribution in [3.8, 4) is 11.5 Å². The van der Waals surface area contributed by atoms with Gasteiger partial charge in [-0.25, -0.2) is 0 Å². The van der Waals surface area contributed by atoms with Crippen LogP contribution in [0.1, 0.15) is 22.3 Å². The maximum Gasteiger partial charge on any atom is 0.262 e. The van der Waals surface area contributed by atoms with Crippen LogP contribution in [0, 0.1) is 0 Å². The van der Waals surface area contributed by atoms with Crippen LogP contribution in [0.15, 0.2) is 52.7 Å². The Balaban J connectivity index is 1.29. The fraction of sp³-hybridized carbons (Fsp3) is 0.320. The topological polar surface area (TPSA) is 96.0 Å². The standard InChI is InChI=1S/C25H27N5O4S/c1-33-20-12-16-15-30(25(32)17(16)13-21(20)34-2)23-5-3-4-22(35-23)24(31)28-18-14-27-7-6-19(18)29-10-8-26-9-11-29/h4-7,12-14,26H,3,8-11,15H2,1-2H3,(H,28,31). The Bertz CT molecular complexity index is 1220. The Morgan fingerprint density at radius 1 is 1.14 bits per heavy atom. The van der Waals surface area contributed by atoms with Gasteiger partial charge < -0.3 is 25.0 Å². The lowest BCUT2D eigenvalue weighted by Gasteiger charge is -2.31. The first-order chi connectivity index (χ1) is 17.1. The predicted octanol–water partition coefficient (Wildman–Crippen LogP) is 2.97. The number of aromatic nitrogens is 1. The number of hydrogen-bond acceptors (Lipinski definition) is 8. The molecule has 2 amide bonds. The van der Waals surface area contributed by atoms with Crippen molar-refractivity contribution in [2.75, 3.05) is 50.6 Å². The third-order valence-corrected chi connectivity index (χ3v) is 7.39. The molecule has 0 radical (unpaired) electrons. The van der Waals surface area contributed by atoms with Gasteiger partial charge in [-0.1, -0.05) is 17.8 Å². The average Bonchev–Trinajstić information content (AvgIpc) is 3.23. The zero-order valence-electron chi connectivity index (χ0n) is 19.7. The third kappa shape index (κ3) is 4.59. The molecule has 1 aromatic carbocycles. The van der Waals surface area contributed by atoms with Gasteiger partial charge in [-0.15, -0.1) is 0 Å². The molecule has 1 saturated heterocycles. The van der Waals surface area contributed by atoms with E-state index >= 15 is 0 Å². The van der Waals surface area contributed by atoms with Crippen LogP contribution < -0.4 is 25.0 Å². The van der Waals surface area contributed by atoms with Crippen LogP contribution in [0.25, 0.3) is 0 Å². The zero-order valence-corrected chi connectivity index (χ0v) is 20.5. The van der Waals surface area contributed by atoms with Crippen molar-refractivity contribution in [1.82, 2.24) is 15.2 Å². The molecule has 0 bridgehead atoms. The predicted molar refractivity (Wildman–Crippen MR) is 136 cm³/mol. The SMILES string of the molecule is COc1cc2c(cc1OC)C(=O)N(C1=CCC=C(C(=O)Nc3cnccc3N3CCNCC3)S1)C2. The quantitative estimate of drug-likeness (QED) is 0.634. The van der Waals surface area contributed by atoms with Gasteiger partial charge in [0.05, 0.1) is 48.3 Å². The van der Waals surface area contributed by atoms with E-state index in [1.807, 2.05) is 24.3 Å². The summed E-state index contributed by atoms with van der Waals surface area (Å²) in [5.41, 5.74) is 3.09. The van der Waals surface area contributed by atoms with Gasteiger partial charge >= 0.3 is 0 Å². The van der Waals surface area contributed by atoms with E-state index in [4.69, 9.17) is 9.47 Å². The van der Waals surface area contributed by atoms with Crippen molar-refractivity contribution in [2.24, 2.45) is 0 Å². The lowest BCUT2D eigenvalue weighted by atomic mass is 10.1. The molecule has 4 heterocycles. The Morgan fingerprint density at radius 3 is 2.69 bits per heavy atom. The number of nitrogens with one attached hydrogen (secondary N) is 2. The summed E-state index contributed by atoms with van der Waals surface area (Å²) in [6.45, 7) is 3.94. The summed E-state index contributed by atoms with van der Waals surface area (Å²) >= 11 is 1.30. The summed E-state index contributed by atoms with van der Waals surface area (Å²) < 4.78 is 10.7. The summed E-state index contributed by atoms with van der Waals surface area (Å²) in [4.78, 5) is 35.1. The van der Waals surface area contributed by atoms with Gasteiger partial charge in [0.2, 0.25) is 0 Å². The van der Waals surface area contributed by atoms with Crippen LogP contribution in [0.4, 0.5) is 11.4 Å². The van der Waals surface area contributed by atoms with Crippen molar-refractivity contribution < 1.29 is 19.1 Å². The molecule has 0 aliphatic carbocycles. The smallest absolute Gasteiger partial charge is 0.262 e. The maximum absolute atomic E-state index is 13.2. The second-order valence-electron chi connectivity index (χ2n) is 8.29. The molecule has 2 aromatic rings. The Hall–Kier alpha value is -3.50. The summed E-state index contributed by atoms with van der Waals surface area (Å²) in [5.74, 6) is 0.776. The van der Waals surface area contributed by atoms with Crippen LogP contribution in [-0.2, 0) is 11.3 Å². The number of fused-ring (bicyclic) bond motifs is 1. The molecule has 35 heavy (non-hydrogen) atoms. The first kappa shape index (κ1) is 23.3. The number of pyridine rings is 1. The number of ether oxygens (including phenoxy) is 2. The van der Waals surface area contributed by atoms with E-state index in [0.717, 1.165) is 42.5 Å². The van der Waals surface area contributed by atoms with E-state index in [-0.39, 0.29) is 11.8 Å². The van der Waals surface area contributed by atoms with E-state index in [1.165, 1.54) is 11.8 Å². The molecule has 1 aromatic heterocycles. The van der Waals surface area contributed by atoms with E-state index in [2.05, 4.69) is 20.5 Å². The number of benzene rings is 1. The van der Waals surface area contributed by atoms with Crippen molar-refractivity contribution in [2.45, 2.75) is 13.0 Å². The Kier molecular flexibility index (Phi) is 6.65. The van der Waals surface area contributed by atoms with Gasteiger partial charge in [0.15, 0.2) is 11.5 Å². The van der Waals surface area contributed by atoms with E-state index < -0.39 is 0 Å². The molecule has 3 aliphatic heterocycles. The van der Waals surface area contributed by atoms with Gasteiger partial charge in [0.25, 0.3) is 11.8 Å². The minimum absolute atomic E-state index is 0.116. The number of rotatable bonds is 6. The van der Waals surface area contributed by atoms with Crippen LogP contribution in [0.5, 0.6) is 11.5 Å². The van der Waals surface area contributed by atoms with Crippen LogP contribution in [0.2, 0.25) is 0 Å². The van der Waals surface area contributed by atoms with Crippen molar-refractivity contribution in [3.05, 3.63) is 63.8 Å². The molecule has 0 saturated carbocycles. The number of nitrogens with zero attached hydrogens (tertiary/aromatic N) is 3. The fourth-order valence-electron chi connectivity index (χ4n) is 4.43. The number of amides is 2. The highest BCUT2D eigenvalue weighted by Gasteiger charge is 2.33. The number of anilines is 2. The number of carbonyl (C=O) groups excluding carboxylic acids is 2. The Labute approximate surface area is 208 Å². The molecular formula is C25H27N5O4S. The van der Waals surface area contributed by atoms with Crippen LogP contribution in [0.3, 0.4) is 0 Å². The highest BCUT2D eigenvalue weighted by atomic mass is 32.2. The normalized spacial score (nSPS) is 17.5. The minimum Gasteiger partial charge on any atom is -0.493 e. The molecule has 1 fully saturated rings. The van der Waals surface area contributed by atoms with Gasteiger partial charge in [0.1, 0.15) is 0 Å². The van der Waals surface area contributed by atoms with E-state index in [0.29, 0.717) is 40.6 Å². The summed E-state index contributed by atoms with van der Waals surface area (Å²) in [6, 6.07) is 5.48. The number of thioether (sulfide) groups is 1. The molecule has 0 spiro atoms. The molecule has 2 N–H and O–H groups in total. The first-order valence-electron chi connectivity index (χ1n) is 11.4. The molecule has 182 valence electrons. The lowest BCUT2D eigenvalue weighted by molar-refractivity contribution is -0.112. The van der Waals surface area contributed by atoms with Crippen molar-refractivity contribution >= 4 is 35.0 Å². The van der Waals surface area contributed by atoms with Gasteiger partial charge in [-0.05, 0) is 36.3 Å². The second-order valence-corrected chi connectivity index (χ2v) is 9.35. The maximum atomic E-state index is 13.2. The van der Waals surface area contributed by atoms with Crippen molar-refractivity contribution in [3.63, 3.8) is 0 Å². The summed E-state index contributed by atoms with van der Waals surface area (Å²) in [6.07, 6.45) is 7.83. The van der Waals surface area contributed by atoms with Gasteiger partial charge in [-0.2, -0.15) is 0 Å². The molecule has 10 heteroatoms. The summed E-state index contributed by atoms with van der Waals surface area (Å²) in [7, 11) is 3.12. The monoisotopic (exact) mass is 493 g/mol. The molecule has 0 unspecified atom stereocenters. The van der Waals surface area contributed by atoms with Gasteiger partial charge in [-0.3, -0.25) is 19.5 Å². The fourth-order valence-corrected chi connectivity index (χ4v) is 5.42. The summed E-state index contributed by atoms with van der Waals surface area (Å²) in [5, 5.41) is 7.11. The van der Waals surface area contributed by atoms with E-state index in [9.17, 15) is 9.59 Å². The lowest BCUT2D eigenvalue weighted by Crippen LogP contribution is -2.43. The number of piperazine rings is 1. The largest absolute Gasteiger partial charge is 0.493 e. The number of hydrogen-bond donors (Lipinski definition) is 2. The third-order valence-electron chi connectivity index (χ3n) is 6.22. The second kappa shape index (κ2) is 10.0. The van der Waals surface area contributed by atoms with Crippen molar-refractivity contribution in [1.29, 1.82) is 0 Å². The van der Waals surface area contributed by atoms with Gasteiger partial charge in [0, 0.05) is 37.9 Å². The molecule has 5 rings (SSSR count). The molecular weight excluding hydrogens is 466 g/mol. The van der Waals surface area contributed by atoms with Crippen LogP contribution in [-0.4, -0.2) is 62.1 Å². The number of allylic oxidation sites excluding steroid dienone is 2. The average molecular weight is 494 g/mol. The Morgan fingerprint density at radius 2 is 1.91 bits per heavy atom. The minimum atomic E-state index is -0.211. The van der Waals surface area contributed by atoms with Crippen LogP contribution >= 0.6 is 11.8 Å². The molecule has 0 atom stereocenters. The highest BCUT2D eigenvalue weighted by Crippen LogP contribution is 2.41. The zero-order chi connectivity index (χ0) is 24.4. The molecule has 9 nitrogen and oxygen atoms in total. The highest BCUT2D eigenvalue weighted by molar-refractivity contribution is 8.07. The van der Waals surface area contributed by atoms with E-state index in [1.54, 1.807) is 37.6 Å². The number of carbonyl (C=O) groups is 2.